The van der Waals surface area contributed by atoms with Crippen LogP contribution in [0.2, 0.25) is 0 Å². The molecular weight excluding hydrogens is 234 g/mol. The summed E-state index contributed by atoms with van der Waals surface area (Å²) in [6, 6.07) is 8.11. The number of benzene rings is 1. The van der Waals surface area contributed by atoms with Crippen LogP contribution in [0.25, 0.3) is 0 Å². The van der Waals surface area contributed by atoms with Crippen LogP contribution in [0.15, 0.2) is 18.2 Å². The van der Waals surface area contributed by atoms with Crippen LogP contribution in [0, 0.1) is 13.8 Å². The van der Waals surface area contributed by atoms with Gasteiger partial charge in [0.05, 0.1) is 0 Å². The molecule has 1 N–H and O–H groups in total. The molecule has 2 atom stereocenters. The van der Waals surface area contributed by atoms with E-state index in [2.05, 4.69) is 54.2 Å². The zero-order valence-corrected chi connectivity index (χ0v) is 12.3. The molecule has 1 aromatic rings. The second kappa shape index (κ2) is 5.23. The highest BCUT2D eigenvalue weighted by atomic mass is 15.3. The Morgan fingerprint density at radius 1 is 1.16 bits per heavy atom. The van der Waals surface area contributed by atoms with E-state index in [0.717, 1.165) is 13.1 Å². The summed E-state index contributed by atoms with van der Waals surface area (Å²) < 4.78 is 0. The van der Waals surface area contributed by atoms with Gasteiger partial charge in [-0.3, -0.25) is 4.90 Å². The summed E-state index contributed by atoms with van der Waals surface area (Å²) >= 11 is 0. The van der Waals surface area contributed by atoms with Crippen molar-refractivity contribution in [1.82, 2.24) is 15.1 Å². The number of likely N-dealkylation sites (N-methyl/N-ethyl adjacent to an activating group) is 1. The van der Waals surface area contributed by atoms with Crippen LogP contribution in [0.5, 0.6) is 0 Å². The van der Waals surface area contributed by atoms with Crippen molar-refractivity contribution < 1.29 is 0 Å². The van der Waals surface area contributed by atoms with Gasteiger partial charge in [0, 0.05) is 44.8 Å². The van der Waals surface area contributed by atoms with E-state index in [1.54, 1.807) is 0 Å². The summed E-state index contributed by atoms with van der Waals surface area (Å²) in [6.45, 7) is 10.2. The Bertz CT molecular complexity index is 457. The van der Waals surface area contributed by atoms with Gasteiger partial charge in [0.1, 0.15) is 0 Å². The standard InChI is InChI=1S/C16H25N3/c1-12-4-5-15(13(2)8-12)16-10-17-9-14-11-18(3)6-7-19(14)16/h4-5,8,14,16-17H,6-7,9-11H2,1-3H3. The van der Waals surface area contributed by atoms with Gasteiger partial charge in [0.15, 0.2) is 0 Å². The maximum atomic E-state index is 3.63. The second-order valence-electron chi connectivity index (χ2n) is 6.19. The van der Waals surface area contributed by atoms with Crippen LogP contribution in [0.4, 0.5) is 0 Å². The van der Waals surface area contributed by atoms with Crippen molar-refractivity contribution >= 4 is 0 Å². The number of fused-ring (bicyclic) bond motifs is 1. The van der Waals surface area contributed by atoms with Gasteiger partial charge in [-0.25, -0.2) is 0 Å². The minimum atomic E-state index is 0.549. The Hall–Kier alpha value is -0.900. The summed E-state index contributed by atoms with van der Waals surface area (Å²) in [6.07, 6.45) is 0. The number of hydrogen-bond donors (Lipinski definition) is 1. The Labute approximate surface area is 116 Å². The molecule has 2 heterocycles. The fourth-order valence-corrected chi connectivity index (χ4v) is 3.61. The van der Waals surface area contributed by atoms with E-state index >= 15 is 0 Å². The molecule has 2 aliphatic rings. The summed E-state index contributed by atoms with van der Waals surface area (Å²) in [4.78, 5) is 5.17. The molecular formula is C16H25N3. The van der Waals surface area contributed by atoms with Crippen molar-refractivity contribution in [2.45, 2.75) is 25.9 Å². The van der Waals surface area contributed by atoms with Crippen molar-refractivity contribution in [3.8, 4) is 0 Å². The SMILES string of the molecule is Cc1ccc(C2CNCC3CN(C)CCN32)c(C)c1. The van der Waals surface area contributed by atoms with Gasteiger partial charge in [-0.15, -0.1) is 0 Å². The molecule has 3 rings (SSSR count). The van der Waals surface area contributed by atoms with E-state index in [4.69, 9.17) is 0 Å². The van der Waals surface area contributed by atoms with Crippen molar-refractivity contribution in [1.29, 1.82) is 0 Å². The van der Waals surface area contributed by atoms with Crippen LogP contribution in [-0.4, -0.2) is 55.6 Å². The Morgan fingerprint density at radius 2 is 2.00 bits per heavy atom. The van der Waals surface area contributed by atoms with Crippen LogP contribution in [0.3, 0.4) is 0 Å². The molecule has 0 saturated carbocycles. The van der Waals surface area contributed by atoms with E-state index < -0.39 is 0 Å². The van der Waals surface area contributed by atoms with E-state index in [1.807, 2.05) is 0 Å². The first kappa shape index (κ1) is 13.1. The van der Waals surface area contributed by atoms with Gasteiger partial charge in [0.2, 0.25) is 0 Å². The zero-order chi connectivity index (χ0) is 13.4. The van der Waals surface area contributed by atoms with Gasteiger partial charge in [-0.1, -0.05) is 23.8 Å². The molecule has 0 radical (unpaired) electrons. The first-order valence-electron chi connectivity index (χ1n) is 7.37. The number of rotatable bonds is 1. The first-order chi connectivity index (χ1) is 9.15. The molecule has 0 amide bonds. The van der Waals surface area contributed by atoms with E-state index in [9.17, 15) is 0 Å². The fraction of sp³-hybridized carbons (Fsp3) is 0.625. The normalized spacial score (nSPS) is 29.2. The molecule has 0 bridgehead atoms. The summed E-state index contributed by atoms with van der Waals surface area (Å²) in [7, 11) is 2.23. The molecule has 2 unspecified atom stereocenters. The first-order valence-corrected chi connectivity index (χ1v) is 7.37. The van der Waals surface area contributed by atoms with E-state index in [0.29, 0.717) is 12.1 Å². The third kappa shape index (κ3) is 2.55. The van der Waals surface area contributed by atoms with Gasteiger partial charge < -0.3 is 10.2 Å². The lowest BCUT2D eigenvalue weighted by atomic mass is 9.94. The fourth-order valence-electron chi connectivity index (χ4n) is 3.61. The highest BCUT2D eigenvalue weighted by Crippen LogP contribution is 2.29. The molecule has 1 aromatic carbocycles. The highest BCUT2D eigenvalue weighted by Gasteiger charge is 2.34. The Balaban J connectivity index is 1.87. The largest absolute Gasteiger partial charge is 0.313 e. The maximum absolute atomic E-state index is 3.63. The topological polar surface area (TPSA) is 18.5 Å². The molecule has 3 nitrogen and oxygen atoms in total. The second-order valence-corrected chi connectivity index (χ2v) is 6.19. The predicted octanol–water partition coefficient (Wildman–Crippen LogP) is 1.56. The predicted molar refractivity (Wildman–Crippen MR) is 79.5 cm³/mol. The Kier molecular flexibility index (Phi) is 3.61. The van der Waals surface area contributed by atoms with Crippen molar-refractivity contribution in [3.05, 3.63) is 34.9 Å². The maximum Gasteiger partial charge on any atom is 0.0479 e. The summed E-state index contributed by atoms with van der Waals surface area (Å²) in [5, 5.41) is 3.63. The average molecular weight is 259 g/mol. The third-order valence-corrected chi connectivity index (χ3v) is 4.63. The summed E-state index contributed by atoms with van der Waals surface area (Å²) in [5.41, 5.74) is 4.30. The number of nitrogens with one attached hydrogen (secondary N) is 1. The molecule has 2 saturated heterocycles. The third-order valence-electron chi connectivity index (χ3n) is 4.63. The van der Waals surface area contributed by atoms with Gasteiger partial charge >= 0.3 is 0 Å². The molecule has 0 spiro atoms. The lowest BCUT2D eigenvalue weighted by Gasteiger charge is -2.48. The number of hydrogen-bond acceptors (Lipinski definition) is 3. The lowest BCUT2D eigenvalue weighted by Crippen LogP contribution is -2.61. The van der Waals surface area contributed by atoms with Gasteiger partial charge in [-0.2, -0.15) is 0 Å². The molecule has 3 heteroatoms. The van der Waals surface area contributed by atoms with Crippen LogP contribution >= 0.6 is 0 Å². The van der Waals surface area contributed by atoms with Crippen molar-refractivity contribution in [3.63, 3.8) is 0 Å². The molecule has 0 aromatic heterocycles. The van der Waals surface area contributed by atoms with Crippen LogP contribution < -0.4 is 5.32 Å². The lowest BCUT2D eigenvalue weighted by molar-refractivity contribution is 0.0288. The molecule has 2 fully saturated rings. The number of piperazine rings is 2. The quantitative estimate of drug-likeness (QED) is 0.826. The van der Waals surface area contributed by atoms with E-state index in [-0.39, 0.29) is 0 Å². The minimum absolute atomic E-state index is 0.549. The number of aryl methyl sites for hydroxylation is 2. The molecule has 104 valence electrons. The highest BCUT2D eigenvalue weighted by molar-refractivity contribution is 5.33. The van der Waals surface area contributed by atoms with Gasteiger partial charge in [0.25, 0.3) is 0 Å². The smallest absolute Gasteiger partial charge is 0.0479 e. The van der Waals surface area contributed by atoms with Crippen LogP contribution in [0.1, 0.15) is 22.7 Å². The monoisotopic (exact) mass is 259 g/mol. The average Bonchev–Trinajstić information content (AvgIpc) is 2.38. The summed E-state index contributed by atoms with van der Waals surface area (Å²) in [5.74, 6) is 0. The van der Waals surface area contributed by atoms with Crippen molar-refractivity contribution in [2.24, 2.45) is 0 Å². The van der Waals surface area contributed by atoms with Gasteiger partial charge in [-0.05, 0) is 32.0 Å². The minimum Gasteiger partial charge on any atom is -0.313 e. The molecule has 0 aliphatic carbocycles. The van der Waals surface area contributed by atoms with Crippen molar-refractivity contribution in [2.75, 3.05) is 39.8 Å². The number of nitrogens with zero attached hydrogens (tertiary/aromatic N) is 2. The Morgan fingerprint density at radius 3 is 2.79 bits per heavy atom. The van der Waals surface area contributed by atoms with Crippen LogP contribution in [-0.2, 0) is 0 Å². The zero-order valence-electron chi connectivity index (χ0n) is 12.3. The van der Waals surface area contributed by atoms with E-state index in [1.165, 1.54) is 36.3 Å². The molecule has 19 heavy (non-hydrogen) atoms. The molecule has 2 aliphatic heterocycles.